The fourth-order valence-corrected chi connectivity index (χ4v) is 5.62. The minimum absolute atomic E-state index is 0.0423. The first-order valence-electron chi connectivity index (χ1n) is 11.6. The van der Waals surface area contributed by atoms with E-state index in [-0.39, 0.29) is 40.2 Å². The molecular formula is C26H20F6N2O3. The molecule has 2 aliphatic rings. The lowest BCUT2D eigenvalue weighted by Gasteiger charge is -2.28. The number of benzene rings is 2. The molecule has 2 unspecified atom stereocenters. The van der Waals surface area contributed by atoms with Crippen molar-refractivity contribution in [3.8, 4) is 11.3 Å². The summed E-state index contributed by atoms with van der Waals surface area (Å²) >= 11 is 0. The van der Waals surface area contributed by atoms with Crippen LogP contribution in [-0.2, 0) is 17.1 Å². The highest BCUT2D eigenvalue weighted by Gasteiger charge is 2.51. The number of fused-ring (bicyclic) bond motifs is 3. The molecule has 3 aromatic rings. The molecule has 2 N–H and O–H groups in total. The third kappa shape index (κ3) is 4.74. The Balaban J connectivity index is 1.43. The lowest BCUT2D eigenvalue weighted by atomic mass is 9.84. The molecule has 5 nitrogen and oxygen atoms in total. The number of pyridine rings is 1. The second-order valence-corrected chi connectivity index (χ2v) is 9.60. The Morgan fingerprint density at radius 2 is 1.51 bits per heavy atom. The first-order valence-corrected chi connectivity index (χ1v) is 11.6. The standard InChI is InChI=1S/C26H20F6N2O3/c27-25(28,29)17-9-16(10-18(11-17)26(30,31)32)20-5-3-12-7-15(4-6-19(12)33-20)23(35)34-22-14-2-1-13(8-14)21(22)24(36)37/h3-7,9-11,13-14,21-22H,1-2,8H2,(H,34,35)(H,36,37)/t13?,14?,21-,22+/m0/s1. The lowest BCUT2D eigenvalue weighted by molar-refractivity contribution is -0.145. The molecule has 5 rings (SSSR count). The van der Waals surface area contributed by atoms with E-state index in [0.717, 1.165) is 19.3 Å². The maximum Gasteiger partial charge on any atom is 0.416 e. The lowest BCUT2D eigenvalue weighted by Crippen LogP contribution is -2.46. The number of rotatable bonds is 4. The number of carbonyl (C=O) groups is 2. The fourth-order valence-electron chi connectivity index (χ4n) is 5.62. The van der Waals surface area contributed by atoms with Gasteiger partial charge in [0.15, 0.2) is 0 Å². The van der Waals surface area contributed by atoms with Crippen molar-refractivity contribution >= 4 is 22.8 Å². The van der Waals surface area contributed by atoms with Crippen LogP contribution < -0.4 is 5.32 Å². The summed E-state index contributed by atoms with van der Waals surface area (Å²) in [4.78, 5) is 28.8. The normalized spacial score (nSPS) is 23.4. The first kappa shape index (κ1) is 25.0. The number of alkyl halides is 6. The molecule has 2 saturated carbocycles. The summed E-state index contributed by atoms with van der Waals surface area (Å²) in [7, 11) is 0. The number of nitrogens with zero attached hydrogens (tertiary/aromatic N) is 1. The number of carboxylic acid groups (broad SMARTS) is 1. The van der Waals surface area contributed by atoms with Crippen LogP contribution >= 0.6 is 0 Å². The minimum atomic E-state index is -4.98. The van der Waals surface area contributed by atoms with E-state index in [4.69, 9.17) is 0 Å². The quantitative estimate of drug-likeness (QED) is 0.402. The Morgan fingerprint density at radius 1 is 0.865 bits per heavy atom. The highest BCUT2D eigenvalue weighted by molar-refractivity contribution is 5.98. The number of nitrogens with one attached hydrogen (secondary N) is 1. The molecule has 1 aromatic heterocycles. The van der Waals surface area contributed by atoms with Crippen LogP contribution in [0.2, 0.25) is 0 Å². The SMILES string of the molecule is O=C(N[C@@H]1C2CCC(C2)[C@@H]1C(=O)O)c1ccc2nc(-c3cc(C(F)(F)F)cc(C(F)(F)F)c3)ccc2c1. The fraction of sp³-hybridized carbons (Fsp3) is 0.346. The average Bonchev–Trinajstić information content (AvgIpc) is 3.44. The molecule has 1 amide bonds. The van der Waals surface area contributed by atoms with E-state index in [1.54, 1.807) is 0 Å². The summed E-state index contributed by atoms with van der Waals surface area (Å²) in [6, 6.07) is 7.93. The van der Waals surface area contributed by atoms with E-state index in [2.05, 4.69) is 10.3 Å². The number of carbonyl (C=O) groups excluding carboxylic acids is 1. The van der Waals surface area contributed by atoms with Crippen LogP contribution in [0.25, 0.3) is 22.2 Å². The summed E-state index contributed by atoms with van der Waals surface area (Å²) in [6.45, 7) is 0. The molecule has 37 heavy (non-hydrogen) atoms. The second kappa shape index (κ2) is 8.74. The van der Waals surface area contributed by atoms with Gasteiger partial charge in [0.2, 0.25) is 0 Å². The van der Waals surface area contributed by atoms with Crippen molar-refractivity contribution in [3.63, 3.8) is 0 Å². The van der Waals surface area contributed by atoms with Crippen LogP contribution in [0.15, 0.2) is 48.5 Å². The molecule has 2 aromatic carbocycles. The average molecular weight is 522 g/mol. The molecule has 2 aliphatic carbocycles. The molecule has 2 fully saturated rings. The van der Waals surface area contributed by atoms with E-state index < -0.39 is 47.3 Å². The van der Waals surface area contributed by atoms with Gasteiger partial charge in [0.25, 0.3) is 5.91 Å². The zero-order valence-corrected chi connectivity index (χ0v) is 19.0. The van der Waals surface area contributed by atoms with Gasteiger partial charge in [-0.2, -0.15) is 26.3 Å². The molecule has 4 atom stereocenters. The smallest absolute Gasteiger partial charge is 0.416 e. The molecule has 0 aliphatic heterocycles. The van der Waals surface area contributed by atoms with Gasteiger partial charge in [-0.05, 0) is 73.6 Å². The molecular weight excluding hydrogens is 502 g/mol. The Bertz CT molecular complexity index is 1370. The molecule has 194 valence electrons. The third-order valence-corrected chi connectivity index (χ3v) is 7.33. The number of hydrogen-bond acceptors (Lipinski definition) is 3. The van der Waals surface area contributed by atoms with Crippen molar-refractivity contribution in [2.75, 3.05) is 0 Å². The van der Waals surface area contributed by atoms with Crippen LogP contribution in [0.5, 0.6) is 0 Å². The van der Waals surface area contributed by atoms with Gasteiger partial charge >= 0.3 is 18.3 Å². The van der Waals surface area contributed by atoms with Crippen molar-refractivity contribution in [3.05, 3.63) is 65.2 Å². The topological polar surface area (TPSA) is 79.3 Å². The minimum Gasteiger partial charge on any atom is -0.481 e. The largest absolute Gasteiger partial charge is 0.481 e. The van der Waals surface area contributed by atoms with E-state index in [1.165, 1.54) is 30.3 Å². The number of hydrogen-bond donors (Lipinski definition) is 2. The number of aliphatic carboxylic acids is 1. The van der Waals surface area contributed by atoms with Gasteiger partial charge in [-0.1, -0.05) is 6.07 Å². The summed E-state index contributed by atoms with van der Waals surface area (Å²) in [6.07, 6.45) is -7.51. The van der Waals surface area contributed by atoms with Crippen molar-refractivity contribution in [1.82, 2.24) is 10.3 Å². The summed E-state index contributed by atoms with van der Waals surface area (Å²) in [5.41, 5.74) is -2.80. The molecule has 0 radical (unpaired) electrons. The summed E-state index contributed by atoms with van der Waals surface area (Å²) in [5, 5.41) is 12.9. The molecule has 1 heterocycles. The molecule has 2 bridgehead atoms. The number of aromatic nitrogens is 1. The van der Waals surface area contributed by atoms with E-state index >= 15 is 0 Å². The van der Waals surface area contributed by atoms with Gasteiger partial charge in [0.05, 0.1) is 28.3 Å². The maximum absolute atomic E-state index is 13.2. The number of amides is 1. The predicted molar refractivity (Wildman–Crippen MR) is 120 cm³/mol. The van der Waals surface area contributed by atoms with Crippen LogP contribution in [-0.4, -0.2) is 28.0 Å². The Morgan fingerprint density at radius 3 is 2.14 bits per heavy atom. The molecule has 0 saturated heterocycles. The van der Waals surface area contributed by atoms with Crippen molar-refractivity contribution in [2.45, 2.75) is 37.7 Å². The summed E-state index contributed by atoms with van der Waals surface area (Å²) < 4.78 is 79.4. The Labute approximate surface area is 206 Å². The highest BCUT2D eigenvalue weighted by Crippen LogP contribution is 2.48. The van der Waals surface area contributed by atoms with Crippen molar-refractivity contribution < 1.29 is 41.0 Å². The van der Waals surface area contributed by atoms with Crippen LogP contribution in [0, 0.1) is 17.8 Å². The Hall–Kier alpha value is -3.63. The van der Waals surface area contributed by atoms with E-state index in [9.17, 15) is 41.0 Å². The molecule has 0 spiro atoms. The van der Waals surface area contributed by atoms with Gasteiger partial charge in [0, 0.05) is 22.6 Å². The second-order valence-electron chi connectivity index (χ2n) is 9.60. The number of carboxylic acids is 1. The predicted octanol–water partition coefficient (Wildman–Crippen LogP) is 6.17. The number of halogens is 6. The molecule has 11 heteroatoms. The zero-order chi connectivity index (χ0) is 26.7. The van der Waals surface area contributed by atoms with Gasteiger partial charge in [-0.3, -0.25) is 9.59 Å². The van der Waals surface area contributed by atoms with Crippen LogP contribution in [0.3, 0.4) is 0 Å². The highest BCUT2D eigenvalue weighted by atomic mass is 19.4. The van der Waals surface area contributed by atoms with Crippen molar-refractivity contribution in [2.24, 2.45) is 17.8 Å². The van der Waals surface area contributed by atoms with E-state index in [1.807, 2.05) is 0 Å². The third-order valence-electron chi connectivity index (χ3n) is 7.33. The summed E-state index contributed by atoms with van der Waals surface area (Å²) in [5.74, 6) is -1.88. The monoisotopic (exact) mass is 522 g/mol. The van der Waals surface area contributed by atoms with Crippen LogP contribution in [0.1, 0.15) is 40.7 Å². The first-order chi connectivity index (χ1) is 17.3. The van der Waals surface area contributed by atoms with Crippen molar-refractivity contribution in [1.29, 1.82) is 0 Å². The maximum atomic E-state index is 13.2. The van der Waals surface area contributed by atoms with Gasteiger partial charge < -0.3 is 10.4 Å². The van der Waals surface area contributed by atoms with E-state index in [0.29, 0.717) is 17.5 Å². The van der Waals surface area contributed by atoms with Gasteiger partial charge in [-0.25, -0.2) is 4.98 Å². The van der Waals surface area contributed by atoms with Crippen LogP contribution in [0.4, 0.5) is 26.3 Å². The zero-order valence-electron chi connectivity index (χ0n) is 19.0. The van der Waals surface area contributed by atoms with Gasteiger partial charge in [-0.15, -0.1) is 0 Å². The Kier molecular flexibility index (Phi) is 5.91. The van der Waals surface area contributed by atoms with Gasteiger partial charge in [0.1, 0.15) is 0 Å².